The van der Waals surface area contributed by atoms with Gasteiger partial charge in [0.05, 0.1) is 22.8 Å². The van der Waals surface area contributed by atoms with Crippen molar-refractivity contribution >= 4 is 37.1 Å². The van der Waals surface area contributed by atoms with Gasteiger partial charge in [-0.15, -0.1) is 4.40 Å². The fourth-order valence-corrected chi connectivity index (χ4v) is 5.58. The highest BCUT2D eigenvalue weighted by Gasteiger charge is 2.27. The smallest absolute Gasteiger partial charge is 0.286 e. The molecule has 0 aromatic heterocycles. The lowest BCUT2D eigenvalue weighted by Gasteiger charge is -2.36. The van der Waals surface area contributed by atoms with Gasteiger partial charge in [0, 0.05) is 32.4 Å². The summed E-state index contributed by atoms with van der Waals surface area (Å²) in [5.41, 5.74) is 1.71. The van der Waals surface area contributed by atoms with Crippen LogP contribution in [0.5, 0.6) is 0 Å². The lowest BCUT2D eigenvalue weighted by Crippen LogP contribution is -2.49. The van der Waals surface area contributed by atoms with E-state index in [9.17, 15) is 21.2 Å². The van der Waals surface area contributed by atoms with Gasteiger partial charge in [-0.25, -0.2) is 12.8 Å². The molecule has 0 aliphatic carbocycles. The summed E-state index contributed by atoms with van der Waals surface area (Å²) in [5.74, 6) is -0.221. The maximum absolute atomic E-state index is 14.5. The lowest BCUT2D eigenvalue weighted by molar-refractivity contribution is 0.291. The number of rotatable bonds is 4. The van der Waals surface area contributed by atoms with Crippen molar-refractivity contribution in [2.75, 3.05) is 49.2 Å². The number of benzene rings is 2. The van der Waals surface area contributed by atoms with E-state index >= 15 is 0 Å². The molecule has 2 aliphatic rings. The third-order valence-electron chi connectivity index (χ3n) is 5.36. The molecule has 2 aromatic carbocycles. The largest absolute Gasteiger partial charge is 0.367 e. The number of hydrogen-bond acceptors (Lipinski definition) is 7. The molecule has 0 amide bonds. The van der Waals surface area contributed by atoms with Gasteiger partial charge >= 0.3 is 0 Å². The van der Waals surface area contributed by atoms with Crippen molar-refractivity contribution in [3.63, 3.8) is 0 Å². The van der Waals surface area contributed by atoms with Gasteiger partial charge in [-0.05, 0) is 42.8 Å². The number of sulfonamides is 1. The topological polar surface area (TPSA) is 99.2 Å². The van der Waals surface area contributed by atoms with Gasteiger partial charge in [0.25, 0.3) is 10.0 Å². The second kappa shape index (κ2) is 7.88. The number of piperazine rings is 1. The minimum atomic E-state index is -3.75. The molecule has 0 atom stereocenters. The minimum Gasteiger partial charge on any atom is -0.367 e. The van der Waals surface area contributed by atoms with Crippen molar-refractivity contribution in [1.82, 2.24) is 4.90 Å². The van der Waals surface area contributed by atoms with Crippen molar-refractivity contribution in [2.45, 2.75) is 16.7 Å². The molecule has 0 spiro atoms. The van der Waals surface area contributed by atoms with Crippen LogP contribution in [0.3, 0.4) is 0 Å². The van der Waals surface area contributed by atoms with Crippen LogP contribution >= 0.6 is 0 Å². The number of amidine groups is 1. The Balaban J connectivity index is 1.42. The Bertz CT molecular complexity index is 1270. The summed E-state index contributed by atoms with van der Waals surface area (Å²) < 4.78 is 66.6. The van der Waals surface area contributed by atoms with E-state index in [-0.39, 0.29) is 9.79 Å². The molecule has 1 N–H and O–H groups in total. The van der Waals surface area contributed by atoms with Crippen LogP contribution in [0, 0.1) is 12.7 Å². The van der Waals surface area contributed by atoms with Gasteiger partial charge in [0.2, 0.25) is 0 Å². The second-order valence-corrected chi connectivity index (χ2v) is 11.4. The van der Waals surface area contributed by atoms with Crippen LogP contribution in [0.15, 0.2) is 50.6 Å². The first-order valence-electron chi connectivity index (χ1n) is 9.71. The van der Waals surface area contributed by atoms with E-state index < -0.39 is 25.7 Å². The fraction of sp³-hybridized carbons (Fsp3) is 0.350. The molecule has 1 saturated heterocycles. The molecule has 166 valence electrons. The second-order valence-electron chi connectivity index (χ2n) is 7.79. The van der Waals surface area contributed by atoms with Gasteiger partial charge in [0.15, 0.2) is 9.84 Å². The molecule has 0 unspecified atom stereocenters. The van der Waals surface area contributed by atoms with Crippen LogP contribution in [0.25, 0.3) is 0 Å². The van der Waals surface area contributed by atoms with Gasteiger partial charge < -0.3 is 10.2 Å². The van der Waals surface area contributed by atoms with E-state index in [0.717, 1.165) is 17.9 Å². The molecule has 31 heavy (non-hydrogen) atoms. The van der Waals surface area contributed by atoms with Crippen LogP contribution < -0.4 is 10.2 Å². The molecular weight excluding hydrogens is 443 g/mol. The van der Waals surface area contributed by atoms with Crippen molar-refractivity contribution in [1.29, 1.82) is 0 Å². The number of anilines is 2. The molecule has 11 heteroatoms. The highest BCUT2D eigenvalue weighted by molar-refractivity contribution is 7.91. The number of nitrogens with one attached hydrogen (secondary N) is 1. The SMILES string of the molecule is Cc1ccc2c(c1)S(=O)(=O)N=C(CN1CCN(c3ccc(S(C)(=O)=O)cc3F)CC1)N2. The van der Waals surface area contributed by atoms with Crippen molar-refractivity contribution in [3.8, 4) is 0 Å². The monoisotopic (exact) mass is 466 g/mol. The summed E-state index contributed by atoms with van der Waals surface area (Å²) in [6.07, 6.45) is 1.04. The highest BCUT2D eigenvalue weighted by atomic mass is 32.2. The number of nitrogens with zero attached hydrogens (tertiary/aromatic N) is 3. The average Bonchev–Trinajstić information content (AvgIpc) is 2.68. The lowest BCUT2D eigenvalue weighted by atomic mass is 10.2. The van der Waals surface area contributed by atoms with Crippen molar-refractivity contribution < 1.29 is 21.2 Å². The van der Waals surface area contributed by atoms with Gasteiger partial charge in [-0.1, -0.05) is 6.07 Å². The molecule has 8 nitrogen and oxygen atoms in total. The predicted molar refractivity (Wildman–Crippen MR) is 118 cm³/mol. The molecule has 1 fully saturated rings. The summed E-state index contributed by atoms with van der Waals surface area (Å²) in [6, 6.07) is 9.11. The molecule has 0 radical (unpaired) electrons. The van der Waals surface area contributed by atoms with E-state index in [1.54, 1.807) is 12.1 Å². The third kappa shape index (κ3) is 4.58. The Morgan fingerprint density at radius 1 is 1.10 bits per heavy atom. The van der Waals surface area contributed by atoms with Gasteiger partial charge in [-0.3, -0.25) is 4.90 Å². The molecular formula is C20H23FN4O4S2. The van der Waals surface area contributed by atoms with Crippen LogP contribution in [-0.4, -0.2) is 66.6 Å². The summed E-state index contributed by atoms with van der Waals surface area (Å²) in [4.78, 5) is 4.02. The van der Waals surface area contributed by atoms with E-state index in [1.165, 1.54) is 12.1 Å². The first kappa shape index (κ1) is 21.7. The third-order valence-corrected chi connectivity index (χ3v) is 7.82. The number of halogens is 1. The Hall–Kier alpha value is -2.50. The summed E-state index contributed by atoms with van der Waals surface area (Å²) in [6.45, 7) is 4.35. The Morgan fingerprint density at radius 2 is 1.81 bits per heavy atom. The highest BCUT2D eigenvalue weighted by Crippen LogP contribution is 2.28. The maximum Gasteiger partial charge on any atom is 0.286 e. The van der Waals surface area contributed by atoms with E-state index in [1.807, 2.05) is 22.8 Å². The number of fused-ring (bicyclic) bond motifs is 1. The number of sulfone groups is 1. The quantitative estimate of drug-likeness (QED) is 0.734. The normalized spacial score (nSPS) is 18.8. The van der Waals surface area contributed by atoms with E-state index in [0.29, 0.717) is 49.9 Å². The van der Waals surface area contributed by atoms with E-state index in [4.69, 9.17) is 0 Å². The molecule has 2 aliphatic heterocycles. The summed E-state index contributed by atoms with van der Waals surface area (Å²) in [5, 5.41) is 3.10. The number of hydrogen-bond donors (Lipinski definition) is 1. The number of aryl methyl sites for hydroxylation is 1. The van der Waals surface area contributed by atoms with Crippen molar-refractivity contribution in [3.05, 3.63) is 47.8 Å². The first-order chi connectivity index (χ1) is 14.5. The zero-order valence-electron chi connectivity index (χ0n) is 17.2. The van der Waals surface area contributed by atoms with Crippen LogP contribution in [0.4, 0.5) is 15.8 Å². The molecule has 0 saturated carbocycles. The van der Waals surface area contributed by atoms with Crippen LogP contribution in [0.2, 0.25) is 0 Å². The zero-order valence-corrected chi connectivity index (χ0v) is 18.8. The molecule has 4 rings (SSSR count). The van der Waals surface area contributed by atoms with Crippen LogP contribution in [-0.2, 0) is 19.9 Å². The average molecular weight is 467 g/mol. The first-order valence-corrected chi connectivity index (χ1v) is 13.0. The maximum atomic E-state index is 14.5. The molecule has 0 bridgehead atoms. The van der Waals surface area contributed by atoms with E-state index in [2.05, 4.69) is 9.71 Å². The van der Waals surface area contributed by atoms with Gasteiger partial charge in [0.1, 0.15) is 16.5 Å². The summed E-state index contributed by atoms with van der Waals surface area (Å²) >= 11 is 0. The summed E-state index contributed by atoms with van der Waals surface area (Å²) in [7, 11) is -7.22. The molecule has 2 heterocycles. The fourth-order valence-electron chi connectivity index (χ4n) is 3.72. The predicted octanol–water partition coefficient (Wildman–Crippen LogP) is 1.87. The van der Waals surface area contributed by atoms with Crippen molar-refractivity contribution in [2.24, 2.45) is 4.40 Å². The van der Waals surface area contributed by atoms with Crippen LogP contribution in [0.1, 0.15) is 5.56 Å². The Morgan fingerprint density at radius 3 is 2.45 bits per heavy atom. The Kier molecular flexibility index (Phi) is 5.52. The standard InChI is InChI=1S/C20H23FN4O4S2/c1-14-3-5-17-19(11-14)31(28,29)23-20(22-17)13-24-7-9-25(10-8-24)18-6-4-15(12-16(18)21)30(2,26)27/h3-6,11-12H,7-10,13H2,1-2H3,(H,22,23). The Labute approximate surface area is 181 Å². The molecule has 2 aromatic rings. The zero-order chi connectivity index (χ0) is 22.4. The van der Waals surface area contributed by atoms with Gasteiger partial charge in [-0.2, -0.15) is 8.42 Å². The minimum absolute atomic E-state index is 0.0505.